The molecule has 2 N–H and O–H groups in total. The third-order valence-electron chi connectivity index (χ3n) is 4.97. The van der Waals surface area contributed by atoms with Crippen LogP contribution in [0.2, 0.25) is 0 Å². The van der Waals surface area contributed by atoms with Gasteiger partial charge < -0.3 is 15.4 Å². The van der Waals surface area contributed by atoms with E-state index in [1.54, 1.807) is 13.3 Å². The molecule has 0 spiro atoms. The minimum absolute atomic E-state index is 0.0530. The monoisotopic (exact) mass is 342 g/mol. The van der Waals surface area contributed by atoms with Crippen LogP contribution in [0, 0.1) is 5.41 Å². The van der Waals surface area contributed by atoms with Crippen molar-refractivity contribution in [1.82, 2.24) is 20.4 Å². The van der Waals surface area contributed by atoms with Crippen molar-refractivity contribution in [3.8, 4) is 5.69 Å². The number of methoxy groups -OCH3 is 1. The zero-order valence-corrected chi connectivity index (χ0v) is 14.9. The highest BCUT2D eigenvalue weighted by Crippen LogP contribution is 2.30. The number of rotatable bonds is 6. The van der Waals surface area contributed by atoms with Crippen molar-refractivity contribution in [2.45, 2.75) is 25.8 Å². The minimum atomic E-state index is -0.427. The summed E-state index contributed by atoms with van der Waals surface area (Å²) in [6.07, 6.45) is 5.27. The van der Waals surface area contributed by atoms with Gasteiger partial charge in [0.2, 0.25) is 5.91 Å². The molecule has 1 aliphatic rings. The zero-order valence-electron chi connectivity index (χ0n) is 14.9. The van der Waals surface area contributed by atoms with Gasteiger partial charge >= 0.3 is 0 Å². The van der Waals surface area contributed by atoms with Crippen molar-refractivity contribution in [3.05, 3.63) is 48.3 Å². The van der Waals surface area contributed by atoms with Crippen LogP contribution in [-0.4, -0.2) is 42.5 Å². The maximum atomic E-state index is 12.9. The molecular formula is C19H26N4O2. The molecule has 1 saturated heterocycles. The molecule has 1 atom stereocenters. The number of amides is 1. The summed E-state index contributed by atoms with van der Waals surface area (Å²) in [6.45, 7) is 4.18. The molecule has 6 heteroatoms. The fourth-order valence-electron chi connectivity index (χ4n) is 3.39. The van der Waals surface area contributed by atoms with Gasteiger partial charge in [-0.15, -0.1) is 0 Å². The average Bonchev–Trinajstić information content (AvgIpc) is 3.17. The SMILES string of the molecule is COCC1(C(=O)NC(C)c2ccc(-n3cccn3)cc2)CCNCC1. The van der Waals surface area contributed by atoms with E-state index in [9.17, 15) is 4.79 Å². The van der Waals surface area contributed by atoms with Gasteiger partial charge in [-0.25, -0.2) is 4.68 Å². The molecule has 1 aliphatic heterocycles. The van der Waals surface area contributed by atoms with E-state index >= 15 is 0 Å². The molecule has 0 radical (unpaired) electrons. The molecule has 0 aliphatic carbocycles. The van der Waals surface area contributed by atoms with Gasteiger partial charge in [-0.1, -0.05) is 12.1 Å². The summed E-state index contributed by atoms with van der Waals surface area (Å²) in [5.74, 6) is 0.0829. The molecule has 3 rings (SSSR count). The Morgan fingerprint density at radius 2 is 2.08 bits per heavy atom. The standard InChI is InChI=1S/C19H26N4O2/c1-15(16-4-6-17(7-5-16)23-13-3-10-21-23)22-18(24)19(14-25-2)8-11-20-12-9-19/h3-7,10,13,15,20H,8-9,11-12,14H2,1-2H3,(H,22,24). The summed E-state index contributed by atoms with van der Waals surface area (Å²) >= 11 is 0. The molecule has 1 fully saturated rings. The van der Waals surface area contributed by atoms with Crippen molar-refractivity contribution in [2.75, 3.05) is 26.8 Å². The summed E-state index contributed by atoms with van der Waals surface area (Å²) in [5.41, 5.74) is 1.65. The molecule has 0 bridgehead atoms. The fraction of sp³-hybridized carbons (Fsp3) is 0.474. The van der Waals surface area contributed by atoms with Gasteiger partial charge in [0.25, 0.3) is 0 Å². The van der Waals surface area contributed by atoms with Gasteiger partial charge in [0.1, 0.15) is 0 Å². The lowest BCUT2D eigenvalue weighted by Gasteiger charge is -2.36. The number of benzene rings is 1. The maximum absolute atomic E-state index is 12.9. The lowest BCUT2D eigenvalue weighted by molar-refractivity contribution is -0.136. The van der Waals surface area contributed by atoms with E-state index in [2.05, 4.69) is 15.7 Å². The Balaban J connectivity index is 1.68. The molecule has 1 aromatic carbocycles. The van der Waals surface area contributed by atoms with E-state index in [1.165, 1.54) is 0 Å². The van der Waals surface area contributed by atoms with Crippen molar-refractivity contribution in [3.63, 3.8) is 0 Å². The Morgan fingerprint density at radius 1 is 1.36 bits per heavy atom. The van der Waals surface area contributed by atoms with Crippen molar-refractivity contribution >= 4 is 5.91 Å². The Kier molecular flexibility index (Phi) is 5.50. The predicted molar refractivity (Wildman–Crippen MR) is 96.5 cm³/mol. The molecule has 0 saturated carbocycles. The van der Waals surface area contributed by atoms with Crippen molar-refractivity contribution in [1.29, 1.82) is 0 Å². The molecule has 2 aromatic rings. The molecular weight excluding hydrogens is 316 g/mol. The molecule has 6 nitrogen and oxygen atoms in total. The van der Waals surface area contributed by atoms with Crippen LogP contribution in [0.25, 0.3) is 5.69 Å². The Labute approximate surface area is 148 Å². The smallest absolute Gasteiger partial charge is 0.229 e. The number of aromatic nitrogens is 2. The molecule has 1 unspecified atom stereocenters. The second-order valence-electron chi connectivity index (χ2n) is 6.70. The van der Waals surface area contributed by atoms with Gasteiger partial charge in [-0.05, 0) is 56.6 Å². The predicted octanol–water partition coefficient (Wildman–Crippen LogP) is 2.07. The Hall–Kier alpha value is -2.18. The van der Waals surface area contributed by atoms with Crippen molar-refractivity contribution in [2.24, 2.45) is 5.41 Å². The van der Waals surface area contributed by atoms with Crippen LogP contribution in [0.4, 0.5) is 0 Å². The van der Waals surface area contributed by atoms with Crippen LogP contribution < -0.4 is 10.6 Å². The van der Waals surface area contributed by atoms with E-state index < -0.39 is 5.41 Å². The third kappa shape index (κ3) is 3.91. The highest BCUT2D eigenvalue weighted by Gasteiger charge is 2.40. The first-order valence-corrected chi connectivity index (χ1v) is 8.75. The quantitative estimate of drug-likeness (QED) is 0.843. The van der Waals surface area contributed by atoms with Gasteiger partial charge in [0.05, 0.1) is 23.8 Å². The van der Waals surface area contributed by atoms with E-state index in [4.69, 9.17) is 4.74 Å². The number of hydrogen-bond donors (Lipinski definition) is 2. The van der Waals surface area contributed by atoms with Crippen LogP contribution in [-0.2, 0) is 9.53 Å². The number of carbonyl (C=O) groups excluding carboxylic acids is 1. The average molecular weight is 342 g/mol. The van der Waals surface area contributed by atoms with E-state index in [0.717, 1.165) is 37.2 Å². The van der Waals surface area contributed by atoms with Crippen molar-refractivity contribution < 1.29 is 9.53 Å². The van der Waals surface area contributed by atoms with E-state index in [1.807, 2.05) is 48.1 Å². The van der Waals surface area contributed by atoms with Crippen LogP contribution in [0.15, 0.2) is 42.7 Å². The van der Waals surface area contributed by atoms with Gasteiger partial charge in [0.15, 0.2) is 0 Å². The first-order chi connectivity index (χ1) is 12.1. The van der Waals surface area contributed by atoms with Gasteiger partial charge in [-0.2, -0.15) is 5.10 Å². The topological polar surface area (TPSA) is 68.2 Å². The van der Waals surface area contributed by atoms with Gasteiger partial charge in [-0.3, -0.25) is 4.79 Å². The number of nitrogens with zero attached hydrogens (tertiary/aromatic N) is 2. The second-order valence-corrected chi connectivity index (χ2v) is 6.70. The molecule has 134 valence electrons. The molecule has 1 amide bonds. The number of hydrogen-bond acceptors (Lipinski definition) is 4. The van der Waals surface area contributed by atoms with Crippen LogP contribution >= 0.6 is 0 Å². The first-order valence-electron chi connectivity index (χ1n) is 8.75. The molecule has 2 heterocycles. The summed E-state index contributed by atoms with van der Waals surface area (Å²) in [6, 6.07) is 9.94. The third-order valence-corrected chi connectivity index (χ3v) is 4.97. The molecule has 25 heavy (non-hydrogen) atoms. The first kappa shape index (κ1) is 17.6. The second kappa shape index (κ2) is 7.80. The Morgan fingerprint density at radius 3 is 2.68 bits per heavy atom. The summed E-state index contributed by atoms with van der Waals surface area (Å²) in [4.78, 5) is 12.9. The van der Waals surface area contributed by atoms with Crippen LogP contribution in [0.1, 0.15) is 31.4 Å². The van der Waals surface area contributed by atoms with E-state index in [-0.39, 0.29) is 11.9 Å². The fourth-order valence-corrected chi connectivity index (χ4v) is 3.39. The summed E-state index contributed by atoms with van der Waals surface area (Å²) in [5, 5.41) is 10.7. The van der Waals surface area contributed by atoms with Crippen LogP contribution in [0.5, 0.6) is 0 Å². The number of piperidine rings is 1. The lowest BCUT2D eigenvalue weighted by atomic mass is 9.78. The zero-order chi connectivity index (χ0) is 17.7. The normalized spacial score (nSPS) is 17.8. The van der Waals surface area contributed by atoms with Gasteiger partial charge in [0, 0.05) is 19.5 Å². The highest BCUT2D eigenvalue weighted by molar-refractivity contribution is 5.83. The van der Waals surface area contributed by atoms with E-state index in [0.29, 0.717) is 6.61 Å². The number of nitrogens with one attached hydrogen (secondary N) is 2. The maximum Gasteiger partial charge on any atom is 0.229 e. The number of carbonyl (C=O) groups is 1. The lowest BCUT2D eigenvalue weighted by Crippen LogP contribution is -2.50. The van der Waals surface area contributed by atoms with Crippen LogP contribution in [0.3, 0.4) is 0 Å². The minimum Gasteiger partial charge on any atom is -0.384 e. The largest absolute Gasteiger partial charge is 0.384 e. The summed E-state index contributed by atoms with van der Waals surface area (Å²) in [7, 11) is 1.66. The summed E-state index contributed by atoms with van der Waals surface area (Å²) < 4.78 is 7.17. The highest BCUT2D eigenvalue weighted by atomic mass is 16.5. The number of ether oxygens (including phenoxy) is 1. The molecule has 1 aromatic heterocycles. The Bertz CT molecular complexity index is 670.